The van der Waals surface area contributed by atoms with Gasteiger partial charge < -0.3 is 19.2 Å². The SMILES string of the molecule is C=CCOCc1nnc2n1CCN(C(=O)c1ccc[nH]1)C2. The van der Waals surface area contributed by atoms with Gasteiger partial charge in [0.05, 0.1) is 13.2 Å². The van der Waals surface area contributed by atoms with Crippen LogP contribution >= 0.6 is 0 Å². The van der Waals surface area contributed by atoms with Gasteiger partial charge in [0.2, 0.25) is 0 Å². The fraction of sp³-hybridized carbons (Fsp3) is 0.357. The zero-order chi connectivity index (χ0) is 14.7. The fourth-order valence-corrected chi connectivity index (χ4v) is 2.37. The number of carbonyl (C=O) groups is 1. The third-order valence-electron chi connectivity index (χ3n) is 3.41. The van der Waals surface area contributed by atoms with Crippen molar-refractivity contribution in [1.82, 2.24) is 24.6 Å². The topological polar surface area (TPSA) is 76.0 Å². The van der Waals surface area contributed by atoms with Gasteiger partial charge in [-0.1, -0.05) is 6.08 Å². The summed E-state index contributed by atoms with van der Waals surface area (Å²) in [5.41, 5.74) is 0.595. The van der Waals surface area contributed by atoms with Crippen LogP contribution in [0.2, 0.25) is 0 Å². The molecule has 2 aromatic heterocycles. The molecular formula is C14H17N5O2. The maximum Gasteiger partial charge on any atom is 0.270 e. The highest BCUT2D eigenvalue weighted by Gasteiger charge is 2.25. The molecule has 7 heteroatoms. The van der Waals surface area contributed by atoms with Crippen molar-refractivity contribution >= 4 is 5.91 Å². The van der Waals surface area contributed by atoms with E-state index < -0.39 is 0 Å². The number of nitrogens with zero attached hydrogens (tertiary/aromatic N) is 4. The van der Waals surface area contributed by atoms with Crippen LogP contribution in [0.1, 0.15) is 22.1 Å². The number of carbonyl (C=O) groups excluding carboxylic acids is 1. The molecule has 0 saturated carbocycles. The van der Waals surface area contributed by atoms with Crippen molar-refractivity contribution in [3.63, 3.8) is 0 Å². The number of hydrogen-bond donors (Lipinski definition) is 1. The molecule has 0 aliphatic carbocycles. The van der Waals surface area contributed by atoms with Gasteiger partial charge in [0.15, 0.2) is 11.6 Å². The monoisotopic (exact) mass is 287 g/mol. The highest BCUT2D eigenvalue weighted by Crippen LogP contribution is 2.15. The number of nitrogens with one attached hydrogen (secondary N) is 1. The van der Waals surface area contributed by atoms with E-state index in [0.29, 0.717) is 38.5 Å². The maximum atomic E-state index is 12.3. The maximum absolute atomic E-state index is 12.3. The Hall–Kier alpha value is -2.41. The molecular weight excluding hydrogens is 270 g/mol. The molecule has 1 aliphatic rings. The van der Waals surface area contributed by atoms with E-state index in [-0.39, 0.29) is 5.91 Å². The second-order valence-electron chi connectivity index (χ2n) is 4.80. The summed E-state index contributed by atoms with van der Waals surface area (Å²) in [4.78, 5) is 17.0. The minimum Gasteiger partial charge on any atom is -0.369 e. The summed E-state index contributed by atoms with van der Waals surface area (Å²) in [6.45, 7) is 6.28. The Balaban J connectivity index is 1.69. The largest absolute Gasteiger partial charge is 0.369 e. The average molecular weight is 287 g/mol. The normalized spacial score (nSPS) is 14.0. The first-order chi connectivity index (χ1) is 10.3. The van der Waals surface area contributed by atoms with Crippen LogP contribution in [0.3, 0.4) is 0 Å². The predicted octanol–water partition coefficient (Wildman–Crippen LogP) is 0.965. The van der Waals surface area contributed by atoms with Gasteiger partial charge >= 0.3 is 0 Å². The van der Waals surface area contributed by atoms with Gasteiger partial charge in [-0.25, -0.2) is 0 Å². The standard InChI is InChI=1S/C14H17N5O2/c1-2-8-21-10-13-17-16-12-9-18(6-7-19(12)13)14(20)11-4-3-5-15-11/h2-5,15H,1,6-10H2. The van der Waals surface area contributed by atoms with E-state index in [1.807, 2.05) is 10.6 Å². The summed E-state index contributed by atoms with van der Waals surface area (Å²) in [7, 11) is 0. The lowest BCUT2D eigenvalue weighted by Crippen LogP contribution is -2.39. The van der Waals surface area contributed by atoms with Gasteiger partial charge in [0.1, 0.15) is 12.3 Å². The molecule has 0 bridgehead atoms. The summed E-state index contributed by atoms with van der Waals surface area (Å²) in [5, 5.41) is 8.29. The molecule has 0 spiro atoms. The van der Waals surface area contributed by atoms with Crippen molar-refractivity contribution in [2.45, 2.75) is 19.7 Å². The molecule has 110 valence electrons. The van der Waals surface area contributed by atoms with Crippen molar-refractivity contribution in [3.8, 4) is 0 Å². The molecule has 0 atom stereocenters. The molecule has 0 fully saturated rings. The minimum atomic E-state index is -0.0151. The molecule has 0 radical (unpaired) electrons. The third-order valence-corrected chi connectivity index (χ3v) is 3.41. The summed E-state index contributed by atoms with van der Waals surface area (Å²) in [5.74, 6) is 1.57. The Kier molecular flexibility index (Phi) is 3.83. The van der Waals surface area contributed by atoms with E-state index in [0.717, 1.165) is 11.6 Å². The van der Waals surface area contributed by atoms with Gasteiger partial charge in [-0.05, 0) is 12.1 Å². The molecule has 1 aliphatic heterocycles. The van der Waals surface area contributed by atoms with Crippen molar-refractivity contribution in [2.24, 2.45) is 0 Å². The molecule has 1 N–H and O–H groups in total. The Bertz CT molecular complexity index is 632. The van der Waals surface area contributed by atoms with E-state index in [1.165, 1.54) is 0 Å². The van der Waals surface area contributed by atoms with E-state index in [9.17, 15) is 4.79 Å². The molecule has 1 amide bonds. The van der Waals surface area contributed by atoms with Crippen molar-refractivity contribution in [2.75, 3.05) is 13.2 Å². The van der Waals surface area contributed by atoms with Crippen LogP contribution in [-0.2, 0) is 24.4 Å². The lowest BCUT2D eigenvalue weighted by molar-refractivity contribution is 0.0697. The highest BCUT2D eigenvalue weighted by molar-refractivity contribution is 5.92. The summed E-state index contributed by atoms with van der Waals surface area (Å²) < 4.78 is 7.41. The van der Waals surface area contributed by atoms with Crippen molar-refractivity contribution in [3.05, 3.63) is 48.3 Å². The third kappa shape index (κ3) is 2.73. The van der Waals surface area contributed by atoms with Crippen LogP contribution in [-0.4, -0.2) is 43.7 Å². The van der Waals surface area contributed by atoms with E-state index >= 15 is 0 Å². The van der Waals surface area contributed by atoms with Gasteiger partial charge in [-0.2, -0.15) is 0 Å². The van der Waals surface area contributed by atoms with Crippen LogP contribution in [0.5, 0.6) is 0 Å². The second-order valence-corrected chi connectivity index (χ2v) is 4.80. The number of fused-ring (bicyclic) bond motifs is 1. The molecule has 7 nitrogen and oxygen atoms in total. The Morgan fingerprint density at radius 3 is 3.14 bits per heavy atom. The zero-order valence-electron chi connectivity index (χ0n) is 11.7. The highest BCUT2D eigenvalue weighted by atomic mass is 16.5. The van der Waals surface area contributed by atoms with E-state index in [2.05, 4.69) is 21.8 Å². The Morgan fingerprint density at radius 1 is 1.48 bits per heavy atom. The fourth-order valence-electron chi connectivity index (χ4n) is 2.37. The second kappa shape index (κ2) is 5.92. The Morgan fingerprint density at radius 2 is 2.38 bits per heavy atom. The van der Waals surface area contributed by atoms with Crippen molar-refractivity contribution in [1.29, 1.82) is 0 Å². The quantitative estimate of drug-likeness (QED) is 0.656. The van der Waals surface area contributed by atoms with Crippen LogP contribution in [0, 0.1) is 0 Å². The molecule has 3 rings (SSSR count). The number of aromatic amines is 1. The first-order valence-electron chi connectivity index (χ1n) is 6.82. The molecule has 0 saturated heterocycles. The van der Waals surface area contributed by atoms with Crippen LogP contribution in [0.25, 0.3) is 0 Å². The van der Waals surface area contributed by atoms with Gasteiger partial charge in [-0.15, -0.1) is 16.8 Å². The predicted molar refractivity (Wildman–Crippen MR) is 75.4 cm³/mol. The first-order valence-corrected chi connectivity index (χ1v) is 6.82. The van der Waals surface area contributed by atoms with Crippen LogP contribution in [0.4, 0.5) is 0 Å². The van der Waals surface area contributed by atoms with Gasteiger partial charge in [0.25, 0.3) is 5.91 Å². The van der Waals surface area contributed by atoms with Crippen molar-refractivity contribution < 1.29 is 9.53 Å². The number of rotatable bonds is 5. The summed E-state index contributed by atoms with van der Waals surface area (Å²) in [6.07, 6.45) is 3.44. The number of amides is 1. The first kappa shape index (κ1) is 13.6. The van der Waals surface area contributed by atoms with Crippen LogP contribution < -0.4 is 0 Å². The molecule has 2 aromatic rings. The van der Waals surface area contributed by atoms with E-state index in [1.54, 1.807) is 23.2 Å². The lowest BCUT2D eigenvalue weighted by atomic mass is 10.3. The number of ether oxygens (including phenoxy) is 1. The molecule has 3 heterocycles. The zero-order valence-corrected chi connectivity index (χ0v) is 11.7. The molecule has 0 unspecified atom stereocenters. The molecule has 0 aromatic carbocycles. The van der Waals surface area contributed by atoms with Gasteiger partial charge in [0, 0.05) is 19.3 Å². The Labute approximate surface area is 122 Å². The summed E-state index contributed by atoms with van der Waals surface area (Å²) >= 11 is 0. The summed E-state index contributed by atoms with van der Waals surface area (Å²) in [6, 6.07) is 3.59. The van der Waals surface area contributed by atoms with Crippen LogP contribution in [0.15, 0.2) is 31.0 Å². The number of aromatic nitrogens is 4. The van der Waals surface area contributed by atoms with Gasteiger partial charge in [-0.3, -0.25) is 4.79 Å². The number of hydrogen-bond acceptors (Lipinski definition) is 4. The average Bonchev–Trinajstić information content (AvgIpc) is 3.16. The van der Waals surface area contributed by atoms with E-state index in [4.69, 9.17) is 4.74 Å². The minimum absolute atomic E-state index is 0.0151. The smallest absolute Gasteiger partial charge is 0.270 e. The number of H-pyrrole nitrogens is 1. The lowest BCUT2D eigenvalue weighted by Gasteiger charge is -2.27. The molecule has 21 heavy (non-hydrogen) atoms.